The molecule has 0 saturated heterocycles. The summed E-state index contributed by atoms with van der Waals surface area (Å²) in [5.41, 5.74) is 2.44. The van der Waals surface area contributed by atoms with E-state index in [1.165, 1.54) is 5.56 Å². The van der Waals surface area contributed by atoms with E-state index in [1.807, 2.05) is 18.2 Å². The molecule has 0 aliphatic heterocycles. The Hall–Kier alpha value is -1.32. The molecule has 0 radical (unpaired) electrons. The molecular weight excluding hydrogens is 326 g/mol. The molecule has 0 heterocycles. The molecule has 0 aliphatic rings. The SMILES string of the molecule is CCNC(CC)c1cccc(OCc2cccc(Br)c2)c1. The Morgan fingerprint density at radius 2 is 1.90 bits per heavy atom. The Balaban J connectivity index is 2.03. The largest absolute Gasteiger partial charge is 0.489 e. The van der Waals surface area contributed by atoms with E-state index in [0.717, 1.165) is 28.8 Å². The van der Waals surface area contributed by atoms with Crippen molar-refractivity contribution >= 4 is 15.9 Å². The summed E-state index contributed by atoms with van der Waals surface area (Å²) < 4.78 is 6.99. The van der Waals surface area contributed by atoms with Gasteiger partial charge in [0.2, 0.25) is 0 Å². The van der Waals surface area contributed by atoms with Crippen LogP contribution < -0.4 is 10.1 Å². The van der Waals surface area contributed by atoms with Gasteiger partial charge in [0, 0.05) is 10.5 Å². The van der Waals surface area contributed by atoms with E-state index in [-0.39, 0.29) is 0 Å². The normalized spacial score (nSPS) is 12.1. The van der Waals surface area contributed by atoms with Gasteiger partial charge in [-0.15, -0.1) is 0 Å². The summed E-state index contributed by atoms with van der Waals surface area (Å²) in [6.45, 7) is 5.89. The van der Waals surface area contributed by atoms with Crippen LogP contribution in [0.1, 0.15) is 37.4 Å². The summed E-state index contributed by atoms with van der Waals surface area (Å²) in [4.78, 5) is 0. The Labute approximate surface area is 135 Å². The highest BCUT2D eigenvalue weighted by molar-refractivity contribution is 9.10. The Morgan fingerprint density at radius 1 is 1.10 bits per heavy atom. The fraction of sp³-hybridized carbons (Fsp3) is 0.333. The van der Waals surface area contributed by atoms with E-state index in [2.05, 4.69) is 65.4 Å². The first kappa shape index (κ1) is 16.1. The number of hydrogen-bond donors (Lipinski definition) is 1. The Morgan fingerprint density at radius 3 is 2.62 bits per heavy atom. The highest BCUT2D eigenvalue weighted by Crippen LogP contribution is 2.22. The van der Waals surface area contributed by atoms with Crippen LogP contribution in [-0.2, 0) is 6.61 Å². The van der Waals surface area contributed by atoms with Gasteiger partial charge < -0.3 is 10.1 Å². The molecule has 2 aromatic rings. The van der Waals surface area contributed by atoms with Crippen molar-refractivity contribution < 1.29 is 4.74 Å². The molecule has 21 heavy (non-hydrogen) atoms. The Bertz CT molecular complexity index is 571. The first-order valence-corrected chi connectivity index (χ1v) is 8.22. The van der Waals surface area contributed by atoms with E-state index >= 15 is 0 Å². The number of benzene rings is 2. The zero-order valence-electron chi connectivity index (χ0n) is 12.6. The second kappa shape index (κ2) is 8.20. The molecule has 0 spiro atoms. The number of hydrogen-bond acceptors (Lipinski definition) is 2. The van der Waals surface area contributed by atoms with Gasteiger partial charge in [0.1, 0.15) is 12.4 Å². The van der Waals surface area contributed by atoms with E-state index < -0.39 is 0 Å². The molecular formula is C18H22BrNO. The van der Waals surface area contributed by atoms with Gasteiger partial charge in [-0.05, 0) is 48.4 Å². The number of rotatable bonds is 7. The molecule has 1 unspecified atom stereocenters. The van der Waals surface area contributed by atoms with E-state index in [9.17, 15) is 0 Å². The fourth-order valence-corrected chi connectivity index (χ4v) is 2.81. The number of nitrogens with one attached hydrogen (secondary N) is 1. The lowest BCUT2D eigenvalue weighted by Gasteiger charge is -2.17. The average molecular weight is 348 g/mol. The molecule has 112 valence electrons. The zero-order chi connectivity index (χ0) is 15.1. The second-order valence-electron chi connectivity index (χ2n) is 5.01. The topological polar surface area (TPSA) is 21.3 Å². The second-order valence-corrected chi connectivity index (χ2v) is 5.93. The molecule has 0 amide bonds. The molecule has 0 aromatic heterocycles. The summed E-state index contributed by atoms with van der Waals surface area (Å²) >= 11 is 3.48. The van der Waals surface area contributed by atoms with Crippen LogP contribution in [0.5, 0.6) is 5.75 Å². The maximum absolute atomic E-state index is 5.91. The van der Waals surface area contributed by atoms with Crippen LogP contribution in [-0.4, -0.2) is 6.54 Å². The van der Waals surface area contributed by atoms with Crippen LogP contribution in [0.25, 0.3) is 0 Å². The minimum absolute atomic E-state index is 0.393. The molecule has 0 fully saturated rings. The lowest BCUT2D eigenvalue weighted by molar-refractivity contribution is 0.305. The third-order valence-electron chi connectivity index (χ3n) is 3.41. The van der Waals surface area contributed by atoms with Crippen LogP contribution >= 0.6 is 15.9 Å². The highest BCUT2D eigenvalue weighted by Gasteiger charge is 2.08. The highest BCUT2D eigenvalue weighted by atomic mass is 79.9. The van der Waals surface area contributed by atoms with Gasteiger partial charge in [0.15, 0.2) is 0 Å². The summed E-state index contributed by atoms with van der Waals surface area (Å²) in [6, 6.07) is 17.0. The lowest BCUT2D eigenvalue weighted by Crippen LogP contribution is -2.19. The molecule has 1 N–H and O–H groups in total. The van der Waals surface area contributed by atoms with Gasteiger partial charge in [-0.2, -0.15) is 0 Å². The molecule has 0 aliphatic carbocycles. The molecule has 2 aromatic carbocycles. The molecule has 2 rings (SSSR count). The summed E-state index contributed by atoms with van der Waals surface area (Å²) in [6.07, 6.45) is 1.07. The molecule has 0 bridgehead atoms. The first-order chi connectivity index (χ1) is 10.2. The van der Waals surface area contributed by atoms with E-state index in [0.29, 0.717) is 12.6 Å². The van der Waals surface area contributed by atoms with Crippen molar-refractivity contribution in [2.75, 3.05) is 6.54 Å². The average Bonchev–Trinajstić information content (AvgIpc) is 2.51. The van der Waals surface area contributed by atoms with Crippen molar-refractivity contribution in [1.82, 2.24) is 5.32 Å². The van der Waals surface area contributed by atoms with Gasteiger partial charge in [-0.25, -0.2) is 0 Å². The van der Waals surface area contributed by atoms with Gasteiger partial charge in [0.25, 0.3) is 0 Å². The number of ether oxygens (including phenoxy) is 1. The lowest BCUT2D eigenvalue weighted by atomic mass is 10.0. The van der Waals surface area contributed by atoms with Gasteiger partial charge in [-0.1, -0.05) is 54.0 Å². The monoisotopic (exact) mass is 347 g/mol. The molecule has 2 nitrogen and oxygen atoms in total. The fourth-order valence-electron chi connectivity index (χ4n) is 2.36. The molecule has 3 heteroatoms. The maximum atomic E-state index is 5.91. The summed E-state index contributed by atoms with van der Waals surface area (Å²) in [5, 5.41) is 3.50. The summed E-state index contributed by atoms with van der Waals surface area (Å²) in [7, 11) is 0. The predicted octanol–water partition coefficient (Wildman–Crippen LogP) is 5.09. The van der Waals surface area contributed by atoms with Crippen molar-refractivity contribution in [2.45, 2.75) is 32.9 Å². The zero-order valence-corrected chi connectivity index (χ0v) is 14.2. The minimum Gasteiger partial charge on any atom is -0.489 e. The van der Waals surface area contributed by atoms with Crippen molar-refractivity contribution in [3.63, 3.8) is 0 Å². The Kier molecular flexibility index (Phi) is 6.27. The van der Waals surface area contributed by atoms with Crippen LogP contribution in [0.3, 0.4) is 0 Å². The van der Waals surface area contributed by atoms with Gasteiger partial charge in [0.05, 0.1) is 0 Å². The number of halogens is 1. The first-order valence-electron chi connectivity index (χ1n) is 7.43. The van der Waals surface area contributed by atoms with Crippen LogP contribution in [0, 0.1) is 0 Å². The van der Waals surface area contributed by atoms with Crippen molar-refractivity contribution in [1.29, 1.82) is 0 Å². The smallest absolute Gasteiger partial charge is 0.120 e. The van der Waals surface area contributed by atoms with Gasteiger partial charge in [-0.3, -0.25) is 0 Å². The van der Waals surface area contributed by atoms with E-state index in [1.54, 1.807) is 0 Å². The summed E-state index contributed by atoms with van der Waals surface area (Å²) in [5.74, 6) is 0.920. The standard InChI is InChI=1S/C18H22BrNO/c1-3-18(20-4-2)15-8-6-10-17(12-15)21-13-14-7-5-9-16(19)11-14/h5-12,18,20H,3-4,13H2,1-2H3. The van der Waals surface area contributed by atoms with Crippen molar-refractivity contribution in [3.8, 4) is 5.75 Å². The quantitative estimate of drug-likeness (QED) is 0.753. The molecule has 0 saturated carbocycles. The third kappa shape index (κ3) is 4.87. The predicted molar refractivity (Wildman–Crippen MR) is 91.6 cm³/mol. The van der Waals surface area contributed by atoms with Gasteiger partial charge >= 0.3 is 0 Å². The maximum Gasteiger partial charge on any atom is 0.120 e. The van der Waals surface area contributed by atoms with E-state index in [4.69, 9.17) is 4.74 Å². The van der Waals surface area contributed by atoms with Crippen LogP contribution in [0.2, 0.25) is 0 Å². The minimum atomic E-state index is 0.393. The third-order valence-corrected chi connectivity index (χ3v) is 3.91. The van der Waals surface area contributed by atoms with Crippen LogP contribution in [0.15, 0.2) is 53.0 Å². The van der Waals surface area contributed by atoms with Crippen molar-refractivity contribution in [2.24, 2.45) is 0 Å². The van der Waals surface area contributed by atoms with Crippen molar-refractivity contribution in [3.05, 3.63) is 64.1 Å². The molecule has 1 atom stereocenters. The van der Waals surface area contributed by atoms with Crippen LogP contribution in [0.4, 0.5) is 0 Å².